The Morgan fingerprint density at radius 2 is 2.43 bits per heavy atom. The molecule has 0 aromatic carbocycles. The number of anilines is 1. The first-order valence-corrected chi connectivity index (χ1v) is 4.35. The summed E-state index contributed by atoms with van der Waals surface area (Å²) in [6.45, 7) is 2.76. The maximum absolute atomic E-state index is 10.8. The first-order chi connectivity index (χ1) is 6.53. The first kappa shape index (κ1) is 9.01. The number of aromatic nitrogens is 2. The van der Waals surface area contributed by atoms with Crippen molar-refractivity contribution in [1.29, 1.82) is 0 Å². The topological polar surface area (TPSA) is 89.2 Å². The molecule has 0 amide bonds. The van der Waals surface area contributed by atoms with E-state index in [0.717, 1.165) is 13.1 Å². The Bertz CT molecular complexity index is 383. The van der Waals surface area contributed by atoms with Gasteiger partial charge in [0.1, 0.15) is 18.7 Å². The lowest BCUT2D eigenvalue weighted by molar-refractivity contribution is -0.726. The quantitative estimate of drug-likeness (QED) is 0.460. The Hall–Kier alpha value is -1.56. The van der Waals surface area contributed by atoms with E-state index in [1.807, 2.05) is 0 Å². The summed E-state index contributed by atoms with van der Waals surface area (Å²) in [5, 5.41) is 24.5. The monoisotopic (exact) mass is 198 g/mol. The largest absolute Gasteiger partial charge is 0.479 e. The van der Waals surface area contributed by atoms with Crippen molar-refractivity contribution < 1.29 is 19.7 Å². The SMILES string of the molecule is CC(O)(C(=O)O)c1c[nH][n+]2c1NCC2. The molecule has 0 saturated carbocycles. The van der Waals surface area contributed by atoms with E-state index in [4.69, 9.17) is 5.11 Å². The van der Waals surface area contributed by atoms with Crippen LogP contribution in [-0.4, -0.2) is 27.8 Å². The molecule has 1 atom stereocenters. The smallest absolute Gasteiger partial charge is 0.340 e. The highest BCUT2D eigenvalue weighted by Gasteiger charge is 2.41. The zero-order valence-corrected chi connectivity index (χ0v) is 7.74. The van der Waals surface area contributed by atoms with Crippen LogP contribution in [0.25, 0.3) is 0 Å². The number of hydrogen-bond acceptors (Lipinski definition) is 3. The van der Waals surface area contributed by atoms with Gasteiger partial charge in [-0.3, -0.25) is 5.32 Å². The standard InChI is InChI=1S/C8H11N3O3/c1-8(14,7(12)13)5-4-10-11-3-2-9-6(5)11/h4,14H,2-3H2,1H3,(H2,9,10,12,13)/p+1. The summed E-state index contributed by atoms with van der Waals surface area (Å²) < 4.78 is 1.77. The molecule has 0 saturated heterocycles. The molecule has 1 aliphatic rings. The van der Waals surface area contributed by atoms with Crippen molar-refractivity contribution in [3.8, 4) is 0 Å². The summed E-state index contributed by atoms with van der Waals surface area (Å²) >= 11 is 0. The molecular weight excluding hydrogens is 186 g/mol. The van der Waals surface area contributed by atoms with Gasteiger partial charge in [0, 0.05) is 0 Å². The zero-order valence-electron chi connectivity index (χ0n) is 7.74. The van der Waals surface area contributed by atoms with E-state index in [1.54, 1.807) is 4.68 Å². The maximum atomic E-state index is 10.8. The van der Waals surface area contributed by atoms with Gasteiger partial charge in [-0.2, -0.15) is 4.68 Å². The second-order valence-electron chi connectivity index (χ2n) is 3.49. The molecule has 0 fully saturated rings. The first-order valence-electron chi connectivity index (χ1n) is 4.35. The third-order valence-corrected chi connectivity index (χ3v) is 2.46. The molecule has 2 rings (SSSR count). The number of hydrogen-bond donors (Lipinski definition) is 4. The van der Waals surface area contributed by atoms with Crippen molar-refractivity contribution in [3.63, 3.8) is 0 Å². The number of carboxylic acids is 1. The zero-order chi connectivity index (χ0) is 10.3. The fraction of sp³-hybridized carbons (Fsp3) is 0.500. The van der Waals surface area contributed by atoms with E-state index in [0.29, 0.717) is 11.4 Å². The van der Waals surface area contributed by atoms with E-state index < -0.39 is 11.6 Å². The third-order valence-electron chi connectivity index (χ3n) is 2.46. The van der Waals surface area contributed by atoms with Crippen LogP contribution in [0.4, 0.5) is 5.82 Å². The Labute approximate surface area is 80.2 Å². The van der Waals surface area contributed by atoms with Gasteiger partial charge in [-0.15, -0.1) is 0 Å². The highest BCUT2D eigenvalue weighted by molar-refractivity contribution is 5.80. The summed E-state index contributed by atoms with van der Waals surface area (Å²) in [5.41, 5.74) is -1.49. The molecule has 76 valence electrons. The second-order valence-corrected chi connectivity index (χ2v) is 3.49. The maximum Gasteiger partial charge on any atom is 0.340 e. The molecule has 4 N–H and O–H groups in total. The summed E-state index contributed by atoms with van der Waals surface area (Å²) in [6.07, 6.45) is 1.51. The summed E-state index contributed by atoms with van der Waals surface area (Å²) in [5.74, 6) is -0.606. The van der Waals surface area contributed by atoms with Crippen LogP contribution in [0.1, 0.15) is 12.5 Å². The lowest BCUT2D eigenvalue weighted by Gasteiger charge is -2.14. The lowest BCUT2D eigenvalue weighted by Crippen LogP contribution is -2.35. The van der Waals surface area contributed by atoms with Crippen LogP contribution in [0.3, 0.4) is 0 Å². The van der Waals surface area contributed by atoms with Gasteiger partial charge in [0.2, 0.25) is 0 Å². The number of aliphatic carboxylic acids is 1. The van der Waals surface area contributed by atoms with E-state index in [9.17, 15) is 9.90 Å². The normalized spacial score (nSPS) is 18.4. The minimum Gasteiger partial charge on any atom is -0.479 e. The van der Waals surface area contributed by atoms with E-state index >= 15 is 0 Å². The number of aliphatic hydroxyl groups is 1. The van der Waals surface area contributed by atoms with Gasteiger partial charge in [0.05, 0.1) is 6.20 Å². The van der Waals surface area contributed by atoms with Crippen LogP contribution in [0, 0.1) is 0 Å². The summed E-state index contributed by atoms with van der Waals surface area (Å²) in [4.78, 5) is 10.8. The van der Waals surface area contributed by atoms with E-state index in [2.05, 4.69) is 10.4 Å². The molecule has 14 heavy (non-hydrogen) atoms. The van der Waals surface area contributed by atoms with Gasteiger partial charge >= 0.3 is 11.8 Å². The fourth-order valence-electron chi connectivity index (χ4n) is 1.56. The van der Waals surface area contributed by atoms with Gasteiger partial charge in [0.25, 0.3) is 0 Å². The van der Waals surface area contributed by atoms with Crippen molar-refractivity contribution in [2.24, 2.45) is 0 Å². The predicted molar refractivity (Wildman–Crippen MR) is 46.7 cm³/mol. The fourth-order valence-corrected chi connectivity index (χ4v) is 1.56. The molecule has 1 aromatic rings. The molecule has 1 unspecified atom stereocenters. The van der Waals surface area contributed by atoms with Crippen molar-refractivity contribution in [2.45, 2.75) is 19.1 Å². The summed E-state index contributed by atoms with van der Waals surface area (Å²) in [7, 11) is 0. The molecule has 6 nitrogen and oxygen atoms in total. The van der Waals surface area contributed by atoms with Crippen LogP contribution >= 0.6 is 0 Å². The Balaban J connectivity index is 2.47. The third kappa shape index (κ3) is 1.07. The minimum absolute atomic E-state index is 0.363. The highest BCUT2D eigenvalue weighted by Crippen LogP contribution is 2.26. The van der Waals surface area contributed by atoms with Gasteiger partial charge < -0.3 is 10.2 Å². The molecule has 2 heterocycles. The molecule has 0 aliphatic carbocycles. The van der Waals surface area contributed by atoms with Crippen LogP contribution in [-0.2, 0) is 16.9 Å². The average Bonchev–Trinajstić information content (AvgIpc) is 2.61. The van der Waals surface area contributed by atoms with Crippen molar-refractivity contribution in [3.05, 3.63) is 11.8 Å². The lowest BCUT2D eigenvalue weighted by atomic mass is 9.99. The highest BCUT2D eigenvalue weighted by atomic mass is 16.4. The second kappa shape index (κ2) is 2.71. The van der Waals surface area contributed by atoms with E-state index in [1.165, 1.54) is 13.1 Å². The molecular formula is C8H12N3O3+. The van der Waals surface area contributed by atoms with Crippen LogP contribution in [0.15, 0.2) is 6.20 Å². The average molecular weight is 198 g/mol. The number of fused-ring (bicyclic) bond motifs is 1. The van der Waals surface area contributed by atoms with Crippen LogP contribution in [0.2, 0.25) is 0 Å². The van der Waals surface area contributed by atoms with Gasteiger partial charge in [-0.05, 0) is 6.92 Å². The Morgan fingerprint density at radius 1 is 1.71 bits per heavy atom. The molecule has 0 spiro atoms. The van der Waals surface area contributed by atoms with Gasteiger partial charge in [0.15, 0.2) is 5.60 Å². The number of nitrogens with one attached hydrogen (secondary N) is 2. The Morgan fingerprint density at radius 3 is 3.07 bits per heavy atom. The molecule has 1 aromatic heterocycles. The number of carboxylic acid groups (broad SMARTS) is 1. The predicted octanol–water partition coefficient (Wildman–Crippen LogP) is -0.980. The molecule has 1 aliphatic heterocycles. The molecule has 0 radical (unpaired) electrons. The summed E-state index contributed by atoms with van der Waals surface area (Å²) in [6, 6.07) is 0. The van der Waals surface area contributed by atoms with Crippen molar-refractivity contribution in [2.75, 3.05) is 11.9 Å². The Kier molecular flexibility index (Phi) is 1.75. The molecule has 0 bridgehead atoms. The van der Waals surface area contributed by atoms with Crippen LogP contribution < -0.4 is 10.00 Å². The van der Waals surface area contributed by atoms with Gasteiger partial charge in [-0.25, -0.2) is 9.89 Å². The van der Waals surface area contributed by atoms with Crippen molar-refractivity contribution in [1.82, 2.24) is 5.10 Å². The number of nitrogens with zero attached hydrogens (tertiary/aromatic N) is 1. The number of carbonyl (C=O) groups is 1. The molecule has 6 heteroatoms. The van der Waals surface area contributed by atoms with E-state index in [-0.39, 0.29) is 0 Å². The number of aromatic amines is 1. The van der Waals surface area contributed by atoms with Gasteiger partial charge in [-0.1, -0.05) is 0 Å². The van der Waals surface area contributed by atoms with Crippen LogP contribution in [0.5, 0.6) is 0 Å². The van der Waals surface area contributed by atoms with Crippen molar-refractivity contribution >= 4 is 11.8 Å². The number of H-pyrrole nitrogens is 1. The number of rotatable bonds is 2. The minimum atomic E-state index is -1.85.